The minimum Gasteiger partial charge on any atom is -0.508 e. The molecule has 0 aliphatic carbocycles. The maximum Gasteiger partial charge on any atom is 0.496 e. The number of hydrogen-bond acceptors (Lipinski definition) is 9. The minimum absolute atomic E-state index is 0.0141. The van der Waals surface area contributed by atoms with Crippen molar-refractivity contribution in [2.24, 2.45) is 5.73 Å². The number of rotatable bonds is 12. The van der Waals surface area contributed by atoms with Crippen molar-refractivity contribution in [1.82, 2.24) is 0 Å². The molecule has 0 bridgehead atoms. The second-order valence-electron chi connectivity index (χ2n) is 13.3. The lowest BCUT2D eigenvalue weighted by atomic mass is 10.0. The summed E-state index contributed by atoms with van der Waals surface area (Å²) in [6.07, 6.45) is -3.64. The van der Waals surface area contributed by atoms with E-state index in [1.165, 1.54) is 53.1 Å². The van der Waals surface area contributed by atoms with E-state index in [2.05, 4.69) is 12.4 Å². The van der Waals surface area contributed by atoms with Gasteiger partial charge in [0.2, 0.25) is 0 Å². The Morgan fingerprint density at radius 1 is 0.912 bits per heavy atom. The number of carboxylic acid groups (broad SMARTS) is 1. The zero-order chi connectivity index (χ0) is 42.0. The van der Waals surface area contributed by atoms with Gasteiger partial charge in [0.05, 0.1) is 27.8 Å². The summed E-state index contributed by atoms with van der Waals surface area (Å²) >= 11 is 0. The van der Waals surface area contributed by atoms with Crippen LogP contribution < -0.4 is 24.7 Å². The molecule has 4 aromatic rings. The molecule has 0 radical (unpaired) electrons. The minimum atomic E-state index is -5.08. The van der Waals surface area contributed by atoms with Gasteiger partial charge in [0.25, 0.3) is 5.91 Å². The number of piperidine rings is 1. The number of carbonyl (C=O) groups is 3. The van der Waals surface area contributed by atoms with E-state index in [1.54, 1.807) is 44.6 Å². The van der Waals surface area contributed by atoms with E-state index < -0.39 is 40.2 Å². The van der Waals surface area contributed by atoms with Gasteiger partial charge in [-0.25, -0.2) is 10.1 Å². The number of ether oxygens (including phenoxy) is 2. The number of phenols is 1. The van der Waals surface area contributed by atoms with Crippen molar-refractivity contribution in [1.29, 1.82) is 0 Å². The van der Waals surface area contributed by atoms with Gasteiger partial charge in [-0.2, -0.15) is 31.0 Å². The summed E-state index contributed by atoms with van der Waals surface area (Å²) in [5, 5.41) is 19.8. The lowest BCUT2D eigenvalue weighted by Crippen LogP contribution is -2.56. The number of phenolic OH excluding ortho intramolecular Hbond substituents is 1. The zero-order valence-corrected chi connectivity index (χ0v) is 32.0. The Morgan fingerprint density at radius 3 is 2.07 bits per heavy atom. The number of amides is 3. The van der Waals surface area contributed by atoms with Gasteiger partial charge < -0.3 is 34.1 Å². The van der Waals surface area contributed by atoms with Crippen LogP contribution in [-0.4, -0.2) is 97.9 Å². The molecule has 4 aromatic carbocycles. The average Bonchev–Trinajstić information content (AvgIpc) is 3.16. The Kier molecular flexibility index (Phi) is 14.3. The van der Waals surface area contributed by atoms with Crippen molar-refractivity contribution in [3.8, 4) is 23.0 Å². The maximum absolute atomic E-state index is 14.2. The number of nitrogens with two attached hydrogens (primary N) is 1. The second-order valence-corrected chi connectivity index (χ2v) is 14.8. The van der Waals surface area contributed by atoms with Crippen LogP contribution in [0.2, 0.25) is 0 Å². The quantitative estimate of drug-likeness (QED) is 0.0825. The monoisotopic (exact) mass is 816 g/mol. The van der Waals surface area contributed by atoms with Gasteiger partial charge in [-0.3, -0.25) is 4.79 Å². The summed E-state index contributed by atoms with van der Waals surface area (Å²) < 4.78 is 75.3. The number of benzene rings is 4. The Morgan fingerprint density at radius 2 is 1.51 bits per heavy atom. The van der Waals surface area contributed by atoms with E-state index in [9.17, 15) is 36.3 Å². The molecule has 5 N–H and O–H groups in total. The third kappa shape index (κ3) is 12.2. The van der Waals surface area contributed by atoms with Crippen LogP contribution >= 0.6 is 0 Å². The van der Waals surface area contributed by atoms with Crippen molar-refractivity contribution in [2.75, 3.05) is 39.7 Å². The smallest absolute Gasteiger partial charge is 0.496 e. The van der Waals surface area contributed by atoms with E-state index in [0.717, 1.165) is 24.2 Å². The van der Waals surface area contributed by atoms with Crippen molar-refractivity contribution in [3.05, 3.63) is 108 Å². The zero-order valence-electron chi connectivity index (χ0n) is 31.2. The van der Waals surface area contributed by atoms with Gasteiger partial charge in [-0.1, -0.05) is 30.3 Å². The number of carboxylic acids is 1. The predicted octanol–water partition coefficient (Wildman–Crippen LogP) is 5.33. The van der Waals surface area contributed by atoms with Gasteiger partial charge in [-0.15, -0.1) is 0 Å². The average molecular weight is 817 g/mol. The molecule has 1 heterocycles. The molecule has 304 valence electrons. The second kappa shape index (κ2) is 18.7. The first-order valence-corrected chi connectivity index (χ1v) is 18.7. The number of aliphatic carboxylic acids is 1. The first-order valence-electron chi connectivity index (χ1n) is 17.3. The van der Waals surface area contributed by atoms with Crippen molar-refractivity contribution >= 4 is 39.4 Å². The molecule has 1 unspecified atom stereocenters. The number of alkyl halides is 3. The molecule has 18 heteroatoms. The SMILES string of the molecule is COc1ccc(C[N+]2(C)CCC/C(=[N+](/C(=O)Nc3ccc(OS(=O)(=O)c4ccccc4)cc3)[C@@H](Cc3ccc(O)cc3)C(N)=O)C2)cc1OC.O=C(O)C(F)(F)F. The maximum atomic E-state index is 14.2. The molecule has 1 fully saturated rings. The largest absolute Gasteiger partial charge is 0.508 e. The predicted molar refractivity (Wildman–Crippen MR) is 202 cm³/mol. The fraction of sp³-hybridized carbons (Fsp3) is 0.282. The topological polar surface area (TPSA) is 195 Å². The number of urea groups is 1. The number of primary amides is 1. The van der Waals surface area contributed by atoms with Crippen LogP contribution in [0.15, 0.2) is 102 Å². The van der Waals surface area contributed by atoms with E-state index in [1.807, 2.05) is 18.2 Å². The van der Waals surface area contributed by atoms with Crippen LogP contribution in [0.5, 0.6) is 23.0 Å². The Balaban J connectivity index is 0.000000940. The summed E-state index contributed by atoms with van der Waals surface area (Å²) in [7, 11) is 1.23. The number of hydrogen-bond donors (Lipinski definition) is 4. The normalized spacial score (nSPS) is 16.9. The molecule has 2 atom stereocenters. The number of carbonyl (C=O) groups excluding carboxylic acids is 2. The van der Waals surface area contributed by atoms with E-state index in [0.29, 0.717) is 46.7 Å². The van der Waals surface area contributed by atoms with Gasteiger partial charge >= 0.3 is 28.3 Å². The third-order valence-electron chi connectivity index (χ3n) is 8.89. The van der Waals surface area contributed by atoms with Crippen LogP contribution in [0.3, 0.4) is 0 Å². The molecule has 0 spiro atoms. The summed E-state index contributed by atoms with van der Waals surface area (Å²) in [4.78, 5) is 36.2. The van der Waals surface area contributed by atoms with E-state index >= 15 is 0 Å². The third-order valence-corrected chi connectivity index (χ3v) is 10.2. The van der Waals surface area contributed by atoms with Gasteiger partial charge in [0.1, 0.15) is 40.9 Å². The molecular formula is C39H43F3N4O10S+2. The molecule has 3 amide bonds. The molecule has 0 saturated carbocycles. The Hall–Kier alpha value is -6.14. The molecular weight excluding hydrogens is 774 g/mol. The van der Waals surface area contributed by atoms with Gasteiger partial charge in [0, 0.05) is 24.8 Å². The lowest BCUT2D eigenvalue weighted by molar-refractivity contribution is -0.918. The van der Waals surface area contributed by atoms with Crippen LogP contribution in [0.1, 0.15) is 24.0 Å². The fourth-order valence-electron chi connectivity index (χ4n) is 6.23. The summed E-state index contributed by atoms with van der Waals surface area (Å²) in [6.45, 7) is 1.93. The van der Waals surface area contributed by atoms with Crippen LogP contribution in [0, 0.1) is 0 Å². The highest BCUT2D eigenvalue weighted by Gasteiger charge is 2.40. The van der Waals surface area contributed by atoms with Crippen molar-refractivity contribution in [3.63, 3.8) is 0 Å². The molecule has 1 saturated heterocycles. The fourth-order valence-corrected chi connectivity index (χ4v) is 7.19. The highest BCUT2D eigenvalue weighted by Crippen LogP contribution is 2.30. The molecule has 1 aliphatic rings. The van der Waals surface area contributed by atoms with E-state index in [4.69, 9.17) is 29.3 Å². The standard InChI is InChI=1S/C37H40N4O8S.C2HF3O2/c1-41(24-27-13-20-34(47-2)35(23-27)48-3)21-7-8-29(25-41)40(33(36(38)43)22-26-11-16-30(42)17-12-26)37(44)39-28-14-18-31(19-15-28)49-50(45,46)32-9-5-4-6-10-32;3-2(4,5)1(6)7/h4-6,9-20,23,33H,7-8,21-22,24-25H2,1-3H3,(H2-2,38,39,42,43,44);(H,6,7)/p+2/b40-29-;/t33-,41?;/m0./s1. The summed E-state index contributed by atoms with van der Waals surface area (Å²) in [5.74, 6) is -2.05. The molecule has 14 nitrogen and oxygen atoms in total. The number of methoxy groups -OCH3 is 2. The number of anilines is 1. The number of nitrogens with one attached hydrogen (secondary N) is 1. The number of likely N-dealkylation sites (tertiary alicyclic amines) is 1. The lowest BCUT2D eigenvalue weighted by Gasteiger charge is -2.38. The van der Waals surface area contributed by atoms with E-state index in [-0.39, 0.29) is 22.8 Å². The van der Waals surface area contributed by atoms with Gasteiger partial charge in [0.15, 0.2) is 17.5 Å². The van der Waals surface area contributed by atoms with Crippen LogP contribution in [0.4, 0.5) is 23.7 Å². The molecule has 1 aliphatic heterocycles. The Bertz CT molecular complexity index is 2180. The Labute approximate surface area is 327 Å². The number of halogens is 3. The van der Waals surface area contributed by atoms with Crippen molar-refractivity contribution in [2.45, 2.75) is 42.9 Å². The first kappa shape index (κ1) is 43.6. The highest BCUT2D eigenvalue weighted by atomic mass is 32.2. The number of aromatic hydroxyl groups is 1. The number of quaternary nitrogens is 1. The summed E-state index contributed by atoms with van der Waals surface area (Å²) in [5.41, 5.74) is 8.84. The molecule has 5 rings (SSSR count). The van der Waals surface area contributed by atoms with Gasteiger partial charge in [-0.05, 0) is 72.3 Å². The first-order chi connectivity index (χ1) is 26.8. The molecule has 0 aromatic heterocycles. The van der Waals surface area contributed by atoms with Crippen molar-refractivity contribution < 1.29 is 68.9 Å². The number of nitrogens with zero attached hydrogens (tertiary/aromatic N) is 2. The highest BCUT2D eigenvalue weighted by molar-refractivity contribution is 7.87. The van der Waals surface area contributed by atoms with Crippen LogP contribution in [0.25, 0.3) is 0 Å². The van der Waals surface area contributed by atoms with Crippen LogP contribution in [-0.2, 0) is 32.7 Å². The summed E-state index contributed by atoms with van der Waals surface area (Å²) in [6, 6.07) is 24.3. The molecule has 57 heavy (non-hydrogen) atoms.